The van der Waals surface area contributed by atoms with Crippen molar-refractivity contribution in [1.29, 1.82) is 5.41 Å². The zero-order chi connectivity index (χ0) is 11.5. The topological polar surface area (TPSA) is 33.1 Å². The van der Waals surface area contributed by atoms with E-state index in [0.717, 1.165) is 6.07 Å². The van der Waals surface area contributed by atoms with Gasteiger partial charge in [0.1, 0.15) is 0 Å². The normalized spacial score (nSPS) is 11.2. The van der Waals surface area contributed by atoms with Crippen LogP contribution in [-0.4, -0.2) is 13.0 Å². The minimum atomic E-state index is -4.38. The first-order valence-electron chi connectivity index (χ1n) is 4.21. The number of benzene rings is 1. The van der Waals surface area contributed by atoms with Gasteiger partial charge >= 0.3 is 6.18 Å². The number of nitrogens with one attached hydrogen (secondary N) is 1. The van der Waals surface area contributed by atoms with Gasteiger partial charge in [0.05, 0.1) is 12.7 Å². The average molecular weight is 217 g/mol. The second kappa shape index (κ2) is 4.33. The Morgan fingerprint density at radius 2 is 1.93 bits per heavy atom. The van der Waals surface area contributed by atoms with Gasteiger partial charge in [-0.2, -0.15) is 13.2 Å². The van der Waals surface area contributed by atoms with Crippen LogP contribution in [0.1, 0.15) is 11.1 Å². The van der Waals surface area contributed by atoms with Crippen LogP contribution in [0.15, 0.2) is 24.3 Å². The summed E-state index contributed by atoms with van der Waals surface area (Å²) in [4.78, 5) is 0. The molecule has 82 valence electrons. The first-order valence-corrected chi connectivity index (χ1v) is 4.21. The number of halogens is 3. The van der Waals surface area contributed by atoms with Gasteiger partial charge in [0.15, 0.2) is 5.90 Å². The van der Waals surface area contributed by atoms with Crippen molar-refractivity contribution in [1.82, 2.24) is 0 Å². The molecule has 0 aromatic heterocycles. The number of alkyl halides is 3. The van der Waals surface area contributed by atoms with Crippen molar-refractivity contribution in [3.8, 4) is 0 Å². The molecule has 5 heteroatoms. The zero-order valence-corrected chi connectivity index (χ0v) is 8.06. The monoisotopic (exact) mass is 217 g/mol. The smallest absolute Gasteiger partial charge is 0.416 e. The molecule has 1 N–H and O–H groups in total. The molecule has 1 aromatic carbocycles. The fourth-order valence-electron chi connectivity index (χ4n) is 1.20. The molecule has 0 saturated carbocycles. The molecule has 0 saturated heterocycles. The fourth-order valence-corrected chi connectivity index (χ4v) is 1.20. The molecule has 1 aromatic rings. The molecule has 0 heterocycles. The van der Waals surface area contributed by atoms with Crippen molar-refractivity contribution in [2.24, 2.45) is 0 Å². The van der Waals surface area contributed by atoms with E-state index in [2.05, 4.69) is 4.74 Å². The Morgan fingerprint density at radius 3 is 2.47 bits per heavy atom. The highest BCUT2D eigenvalue weighted by molar-refractivity contribution is 5.75. The van der Waals surface area contributed by atoms with Crippen LogP contribution < -0.4 is 0 Å². The minimum Gasteiger partial charge on any atom is -0.484 e. The Kier molecular flexibility index (Phi) is 3.34. The third-order valence-electron chi connectivity index (χ3n) is 1.92. The molecule has 0 fully saturated rings. The van der Waals surface area contributed by atoms with E-state index in [4.69, 9.17) is 5.41 Å². The average Bonchev–Trinajstić information content (AvgIpc) is 2.17. The predicted molar refractivity (Wildman–Crippen MR) is 49.9 cm³/mol. The van der Waals surface area contributed by atoms with Gasteiger partial charge in [-0.1, -0.05) is 18.2 Å². The maximum absolute atomic E-state index is 12.5. The lowest BCUT2D eigenvalue weighted by Gasteiger charge is -2.12. The molecule has 0 atom stereocenters. The van der Waals surface area contributed by atoms with Gasteiger partial charge in [0.2, 0.25) is 0 Å². The van der Waals surface area contributed by atoms with E-state index in [1.807, 2.05) is 0 Å². The van der Waals surface area contributed by atoms with Crippen molar-refractivity contribution in [2.75, 3.05) is 7.11 Å². The highest BCUT2D eigenvalue weighted by Crippen LogP contribution is 2.32. The predicted octanol–water partition coefficient (Wildman–Crippen LogP) is 2.87. The van der Waals surface area contributed by atoms with Crippen molar-refractivity contribution >= 4 is 5.90 Å². The summed E-state index contributed by atoms with van der Waals surface area (Å²) in [5, 5.41) is 7.19. The molecule has 0 aliphatic heterocycles. The summed E-state index contributed by atoms with van der Waals surface area (Å²) in [6.07, 6.45) is -4.53. The van der Waals surface area contributed by atoms with Gasteiger partial charge in [0.25, 0.3) is 0 Å². The van der Waals surface area contributed by atoms with E-state index in [-0.39, 0.29) is 17.9 Å². The Bertz CT molecular complexity index is 360. The van der Waals surface area contributed by atoms with Gasteiger partial charge in [-0.05, 0) is 11.6 Å². The maximum Gasteiger partial charge on any atom is 0.416 e. The van der Waals surface area contributed by atoms with E-state index in [1.165, 1.54) is 25.3 Å². The van der Waals surface area contributed by atoms with Crippen LogP contribution in [0.25, 0.3) is 0 Å². The number of hydrogen-bond donors (Lipinski definition) is 1. The van der Waals surface area contributed by atoms with Gasteiger partial charge in [-0.25, -0.2) is 0 Å². The highest BCUT2D eigenvalue weighted by atomic mass is 19.4. The third kappa shape index (κ3) is 2.97. The largest absolute Gasteiger partial charge is 0.484 e. The minimum absolute atomic E-state index is 0.0526. The second-order valence-corrected chi connectivity index (χ2v) is 2.96. The summed E-state index contributed by atoms with van der Waals surface area (Å²) in [7, 11) is 1.26. The molecular formula is C10H10F3NO. The lowest BCUT2D eigenvalue weighted by atomic mass is 10.0. The second-order valence-electron chi connectivity index (χ2n) is 2.96. The van der Waals surface area contributed by atoms with E-state index in [0.29, 0.717) is 0 Å². The summed E-state index contributed by atoms with van der Waals surface area (Å²) in [6.45, 7) is 0. The Balaban J connectivity index is 3.02. The lowest BCUT2D eigenvalue weighted by Crippen LogP contribution is -2.12. The third-order valence-corrected chi connectivity index (χ3v) is 1.92. The summed E-state index contributed by atoms with van der Waals surface area (Å²) >= 11 is 0. The van der Waals surface area contributed by atoms with Crippen LogP contribution in [0.3, 0.4) is 0 Å². The van der Waals surface area contributed by atoms with Crippen LogP contribution in [0.4, 0.5) is 13.2 Å². The maximum atomic E-state index is 12.5. The number of methoxy groups -OCH3 is 1. The number of hydrogen-bond acceptors (Lipinski definition) is 2. The summed E-state index contributed by atoms with van der Waals surface area (Å²) < 4.78 is 42.0. The fraction of sp³-hybridized carbons (Fsp3) is 0.300. The number of ether oxygens (including phenoxy) is 1. The van der Waals surface area contributed by atoms with E-state index < -0.39 is 11.7 Å². The van der Waals surface area contributed by atoms with E-state index >= 15 is 0 Å². The molecule has 0 amide bonds. The van der Waals surface area contributed by atoms with Crippen molar-refractivity contribution < 1.29 is 17.9 Å². The van der Waals surface area contributed by atoms with E-state index in [1.54, 1.807) is 0 Å². The van der Waals surface area contributed by atoms with Gasteiger partial charge in [0, 0.05) is 6.42 Å². The molecule has 0 bridgehead atoms. The first-order chi connectivity index (χ1) is 6.95. The Hall–Kier alpha value is -1.52. The van der Waals surface area contributed by atoms with Crippen molar-refractivity contribution in [3.05, 3.63) is 35.4 Å². The Morgan fingerprint density at radius 1 is 1.33 bits per heavy atom. The quantitative estimate of drug-likeness (QED) is 0.599. The molecule has 0 aliphatic carbocycles. The van der Waals surface area contributed by atoms with Gasteiger partial charge < -0.3 is 4.74 Å². The SMILES string of the molecule is COC(=N)Cc1ccccc1C(F)(F)F. The molecule has 0 radical (unpaired) electrons. The molecule has 2 nitrogen and oxygen atoms in total. The van der Waals surface area contributed by atoms with Crippen molar-refractivity contribution in [3.63, 3.8) is 0 Å². The van der Waals surface area contributed by atoms with Gasteiger partial charge in [-0.3, -0.25) is 5.41 Å². The molecule has 0 unspecified atom stereocenters. The standard InChI is InChI=1S/C10H10F3NO/c1-15-9(14)6-7-4-2-3-5-8(7)10(11,12)13/h2-5,14H,6H2,1H3. The summed E-state index contributed by atoms with van der Waals surface area (Å²) in [5.41, 5.74) is -0.663. The molecule has 1 rings (SSSR count). The van der Waals surface area contributed by atoms with Crippen LogP contribution in [0.2, 0.25) is 0 Å². The Labute approximate surface area is 85.2 Å². The van der Waals surface area contributed by atoms with Crippen LogP contribution in [0.5, 0.6) is 0 Å². The highest BCUT2D eigenvalue weighted by Gasteiger charge is 2.32. The van der Waals surface area contributed by atoms with Crippen molar-refractivity contribution in [2.45, 2.75) is 12.6 Å². The zero-order valence-electron chi connectivity index (χ0n) is 8.06. The molecule has 0 aliphatic rings. The van der Waals surface area contributed by atoms with Crippen LogP contribution in [-0.2, 0) is 17.3 Å². The van der Waals surface area contributed by atoms with Crippen LogP contribution in [0, 0.1) is 5.41 Å². The lowest BCUT2D eigenvalue weighted by molar-refractivity contribution is -0.138. The molecule has 0 spiro atoms. The molecule has 15 heavy (non-hydrogen) atoms. The van der Waals surface area contributed by atoms with E-state index in [9.17, 15) is 13.2 Å². The first kappa shape index (κ1) is 11.6. The molecular weight excluding hydrogens is 207 g/mol. The van der Waals surface area contributed by atoms with Crippen LogP contribution >= 0.6 is 0 Å². The number of rotatable bonds is 2. The van der Waals surface area contributed by atoms with Gasteiger partial charge in [-0.15, -0.1) is 0 Å². The summed E-state index contributed by atoms with van der Waals surface area (Å²) in [6, 6.07) is 5.17. The summed E-state index contributed by atoms with van der Waals surface area (Å²) in [5.74, 6) is -0.188.